The van der Waals surface area contributed by atoms with Gasteiger partial charge in [0.15, 0.2) is 5.78 Å². The Balaban J connectivity index is 3.48. The summed E-state index contributed by atoms with van der Waals surface area (Å²) in [7, 11) is 1.61. The molecule has 0 aliphatic heterocycles. The Morgan fingerprint density at radius 1 is 1.23 bits per heavy atom. The average Bonchev–Trinajstić information content (AvgIpc) is 2.14. The molecule has 2 nitrogen and oxygen atoms in total. The smallest absolute Gasteiger partial charge is 0.161 e. The minimum absolute atomic E-state index is 0.165. The fourth-order valence-corrected chi connectivity index (χ4v) is 1.41. The molecule has 1 atom stereocenters. The van der Waals surface area contributed by atoms with Crippen LogP contribution in [-0.2, 0) is 9.53 Å². The maximum absolute atomic E-state index is 11.4. The van der Waals surface area contributed by atoms with Gasteiger partial charge in [-0.25, -0.2) is 0 Å². The highest BCUT2D eigenvalue weighted by Gasteiger charge is 2.13. The highest BCUT2D eigenvalue weighted by Crippen LogP contribution is 2.07. The monoisotopic (exact) mass is 186 g/mol. The molecular weight excluding hydrogens is 164 g/mol. The summed E-state index contributed by atoms with van der Waals surface area (Å²) in [6.07, 6.45) is 5.96. The van der Waals surface area contributed by atoms with Gasteiger partial charge in [0.2, 0.25) is 0 Å². The lowest BCUT2D eigenvalue weighted by Crippen LogP contribution is -2.21. The van der Waals surface area contributed by atoms with Crippen LogP contribution in [0.2, 0.25) is 0 Å². The Morgan fingerprint density at radius 3 is 2.38 bits per heavy atom. The lowest BCUT2D eigenvalue weighted by Gasteiger charge is -2.10. The molecule has 0 amide bonds. The summed E-state index contributed by atoms with van der Waals surface area (Å²) in [5, 5.41) is 0. The zero-order chi connectivity index (χ0) is 10.1. The SMILES string of the molecule is CCCCCCC(=O)C(CC)OC. The van der Waals surface area contributed by atoms with Crippen LogP contribution in [0.3, 0.4) is 0 Å². The van der Waals surface area contributed by atoms with Crippen LogP contribution in [0.1, 0.15) is 52.4 Å². The van der Waals surface area contributed by atoms with Crippen molar-refractivity contribution >= 4 is 5.78 Å². The lowest BCUT2D eigenvalue weighted by molar-refractivity contribution is -0.129. The molecule has 0 aromatic rings. The molecule has 0 bridgehead atoms. The number of ether oxygens (including phenoxy) is 1. The van der Waals surface area contributed by atoms with Crippen molar-refractivity contribution in [3.05, 3.63) is 0 Å². The van der Waals surface area contributed by atoms with Crippen LogP contribution < -0.4 is 0 Å². The van der Waals surface area contributed by atoms with Gasteiger partial charge in [-0.3, -0.25) is 4.79 Å². The van der Waals surface area contributed by atoms with Gasteiger partial charge in [-0.05, 0) is 12.8 Å². The molecule has 0 spiro atoms. The van der Waals surface area contributed by atoms with Crippen molar-refractivity contribution in [1.82, 2.24) is 0 Å². The predicted octanol–water partition coefficient (Wildman–Crippen LogP) is 2.95. The van der Waals surface area contributed by atoms with Gasteiger partial charge in [-0.1, -0.05) is 33.1 Å². The Morgan fingerprint density at radius 2 is 1.92 bits per heavy atom. The van der Waals surface area contributed by atoms with E-state index in [0.717, 1.165) is 12.8 Å². The first-order chi connectivity index (χ1) is 6.26. The molecule has 0 N–H and O–H groups in total. The summed E-state index contributed by atoms with van der Waals surface area (Å²) in [6, 6.07) is 0. The van der Waals surface area contributed by atoms with Crippen LogP contribution >= 0.6 is 0 Å². The molecule has 0 aromatic heterocycles. The van der Waals surface area contributed by atoms with E-state index < -0.39 is 0 Å². The molecule has 0 aliphatic rings. The number of unbranched alkanes of at least 4 members (excludes halogenated alkanes) is 3. The van der Waals surface area contributed by atoms with E-state index in [-0.39, 0.29) is 11.9 Å². The quantitative estimate of drug-likeness (QED) is 0.545. The summed E-state index contributed by atoms with van der Waals surface area (Å²) >= 11 is 0. The molecule has 0 aromatic carbocycles. The summed E-state index contributed by atoms with van der Waals surface area (Å²) in [5.74, 6) is 0.265. The number of ketones is 1. The van der Waals surface area contributed by atoms with Crippen LogP contribution in [0, 0.1) is 0 Å². The third-order valence-corrected chi connectivity index (χ3v) is 2.29. The van der Waals surface area contributed by atoms with Crippen LogP contribution in [0.5, 0.6) is 0 Å². The number of carbonyl (C=O) groups is 1. The molecule has 0 rings (SSSR count). The Labute approximate surface area is 81.7 Å². The van der Waals surface area contributed by atoms with Crippen molar-refractivity contribution in [3.63, 3.8) is 0 Å². The lowest BCUT2D eigenvalue weighted by atomic mass is 10.1. The van der Waals surface area contributed by atoms with E-state index in [2.05, 4.69) is 6.92 Å². The Hall–Kier alpha value is -0.370. The third kappa shape index (κ3) is 5.81. The van der Waals surface area contributed by atoms with Gasteiger partial charge in [0.05, 0.1) is 0 Å². The van der Waals surface area contributed by atoms with Gasteiger partial charge >= 0.3 is 0 Å². The van der Waals surface area contributed by atoms with Gasteiger partial charge in [0.1, 0.15) is 6.10 Å². The number of rotatable bonds is 8. The predicted molar refractivity (Wildman–Crippen MR) is 54.9 cm³/mol. The zero-order valence-electron chi connectivity index (χ0n) is 9.14. The van der Waals surface area contributed by atoms with Gasteiger partial charge < -0.3 is 4.74 Å². The number of hydrogen-bond acceptors (Lipinski definition) is 2. The van der Waals surface area contributed by atoms with E-state index in [1.165, 1.54) is 19.3 Å². The molecule has 13 heavy (non-hydrogen) atoms. The number of Topliss-reactive ketones (excluding diaryl/α,β-unsaturated/α-hetero) is 1. The van der Waals surface area contributed by atoms with E-state index in [0.29, 0.717) is 6.42 Å². The normalized spacial score (nSPS) is 12.8. The molecular formula is C11H22O2. The van der Waals surface area contributed by atoms with Gasteiger partial charge in [0.25, 0.3) is 0 Å². The molecule has 2 heteroatoms. The number of carbonyl (C=O) groups excluding carboxylic acids is 1. The molecule has 0 saturated heterocycles. The highest BCUT2D eigenvalue weighted by molar-refractivity contribution is 5.82. The minimum atomic E-state index is -0.165. The molecule has 0 aliphatic carbocycles. The van der Waals surface area contributed by atoms with Gasteiger partial charge in [-0.15, -0.1) is 0 Å². The van der Waals surface area contributed by atoms with Crippen LogP contribution in [0.4, 0.5) is 0 Å². The van der Waals surface area contributed by atoms with E-state index in [1.807, 2.05) is 6.92 Å². The average molecular weight is 186 g/mol. The fourth-order valence-electron chi connectivity index (χ4n) is 1.41. The van der Waals surface area contributed by atoms with Gasteiger partial charge in [-0.2, -0.15) is 0 Å². The van der Waals surface area contributed by atoms with E-state index in [9.17, 15) is 4.79 Å². The summed E-state index contributed by atoms with van der Waals surface area (Å²) in [6.45, 7) is 4.16. The number of methoxy groups -OCH3 is 1. The summed E-state index contributed by atoms with van der Waals surface area (Å²) in [4.78, 5) is 11.4. The van der Waals surface area contributed by atoms with Crippen LogP contribution in [0.15, 0.2) is 0 Å². The molecule has 0 fully saturated rings. The zero-order valence-corrected chi connectivity index (χ0v) is 9.14. The van der Waals surface area contributed by atoms with Crippen LogP contribution in [0.25, 0.3) is 0 Å². The first-order valence-corrected chi connectivity index (χ1v) is 5.31. The summed E-state index contributed by atoms with van der Waals surface area (Å²) < 4.78 is 5.07. The van der Waals surface area contributed by atoms with Gasteiger partial charge in [0, 0.05) is 13.5 Å². The third-order valence-electron chi connectivity index (χ3n) is 2.29. The summed E-state index contributed by atoms with van der Waals surface area (Å²) in [5.41, 5.74) is 0. The highest BCUT2D eigenvalue weighted by atomic mass is 16.5. The maximum atomic E-state index is 11.4. The second-order valence-corrected chi connectivity index (χ2v) is 3.41. The topological polar surface area (TPSA) is 26.3 Å². The first kappa shape index (κ1) is 12.6. The second-order valence-electron chi connectivity index (χ2n) is 3.41. The molecule has 78 valence electrons. The van der Waals surface area contributed by atoms with Crippen molar-refractivity contribution in [1.29, 1.82) is 0 Å². The molecule has 0 radical (unpaired) electrons. The van der Waals surface area contributed by atoms with Crippen molar-refractivity contribution in [2.45, 2.75) is 58.5 Å². The maximum Gasteiger partial charge on any atom is 0.161 e. The largest absolute Gasteiger partial charge is 0.374 e. The Kier molecular flexibility index (Phi) is 8.00. The molecule has 1 unspecified atom stereocenters. The Bertz CT molecular complexity index is 128. The standard InChI is InChI=1S/C11H22O2/c1-4-6-7-8-9-10(12)11(5-2)13-3/h11H,4-9H2,1-3H3. The van der Waals surface area contributed by atoms with Crippen molar-refractivity contribution in [2.75, 3.05) is 7.11 Å². The number of hydrogen-bond donors (Lipinski definition) is 0. The molecule has 0 saturated carbocycles. The van der Waals surface area contributed by atoms with E-state index in [1.54, 1.807) is 7.11 Å². The van der Waals surface area contributed by atoms with Crippen molar-refractivity contribution < 1.29 is 9.53 Å². The minimum Gasteiger partial charge on any atom is -0.374 e. The first-order valence-electron chi connectivity index (χ1n) is 5.31. The van der Waals surface area contributed by atoms with Crippen molar-refractivity contribution in [2.24, 2.45) is 0 Å². The molecule has 0 heterocycles. The van der Waals surface area contributed by atoms with E-state index >= 15 is 0 Å². The van der Waals surface area contributed by atoms with Crippen LogP contribution in [-0.4, -0.2) is 19.0 Å². The van der Waals surface area contributed by atoms with Crippen molar-refractivity contribution in [3.8, 4) is 0 Å². The van der Waals surface area contributed by atoms with E-state index in [4.69, 9.17) is 4.74 Å². The second kappa shape index (κ2) is 8.24. The fraction of sp³-hybridized carbons (Fsp3) is 0.909.